The van der Waals surface area contributed by atoms with Gasteiger partial charge in [-0.15, -0.1) is 0 Å². The third-order valence-corrected chi connectivity index (χ3v) is 5.44. The van der Waals surface area contributed by atoms with Crippen LogP contribution in [0.2, 0.25) is 0 Å². The van der Waals surface area contributed by atoms with E-state index in [1.165, 1.54) is 23.8 Å². The van der Waals surface area contributed by atoms with E-state index in [0.717, 1.165) is 5.56 Å². The maximum absolute atomic E-state index is 12.7. The zero-order valence-electron chi connectivity index (χ0n) is 17.8. The summed E-state index contributed by atoms with van der Waals surface area (Å²) < 4.78 is 15.6. The van der Waals surface area contributed by atoms with Gasteiger partial charge in [0.05, 0.1) is 29.9 Å². The third kappa shape index (κ3) is 5.28. The van der Waals surface area contributed by atoms with Crippen LogP contribution in [0.3, 0.4) is 0 Å². The second kappa shape index (κ2) is 10.5. The molecule has 3 rings (SSSR count). The van der Waals surface area contributed by atoms with Crippen molar-refractivity contribution in [3.05, 3.63) is 58.5 Å². The van der Waals surface area contributed by atoms with Crippen molar-refractivity contribution in [2.24, 2.45) is 4.99 Å². The standard InChI is InChI=1S/C23H21N3O5S/c1-4-30-22(28)16-6-8-17(9-7-16)25-23-26(2)21(27)20(32-23)14-15-5-10-18(31-12-11-24)19(13-15)29-3/h5-10,13-14H,4,12H2,1-3H3/b20-14+,25-23?. The van der Waals surface area contributed by atoms with Gasteiger partial charge in [0.15, 0.2) is 23.3 Å². The number of hydrogen-bond donors (Lipinski definition) is 0. The van der Waals surface area contributed by atoms with Gasteiger partial charge in [-0.3, -0.25) is 9.69 Å². The number of rotatable bonds is 7. The van der Waals surface area contributed by atoms with Gasteiger partial charge in [0, 0.05) is 7.05 Å². The number of nitriles is 1. The molecule has 0 atom stereocenters. The van der Waals surface area contributed by atoms with E-state index in [9.17, 15) is 9.59 Å². The Morgan fingerprint density at radius 2 is 1.97 bits per heavy atom. The number of methoxy groups -OCH3 is 1. The van der Waals surface area contributed by atoms with Crippen LogP contribution in [0.25, 0.3) is 6.08 Å². The average Bonchev–Trinajstić information content (AvgIpc) is 3.06. The van der Waals surface area contributed by atoms with Crippen molar-refractivity contribution >= 4 is 40.6 Å². The number of ether oxygens (including phenoxy) is 3. The molecule has 32 heavy (non-hydrogen) atoms. The number of esters is 1. The molecule has 0 unspecified atom stereocenters. The summed E-state index contributed by atoms with van der Waals surface area (Å²) in [4.78, 5) is 31.0. The van der Waals surface area contributed by atoms with E-state index < -0.39 is 0 Å². The Kier molecular flexibility index (Phi) is 7.52. The number of thioether (sulfide) groups is 1. The molecule has 164 valence electrons. The summed E-state index contributed by atoms with van der Waals surface area (Å²) >= 11 is 1.25. The third-order valence-electron chi connectivity index (χ3n) is 4.38. The highest BCUT2D eigenvalue weighted by molar-refractivity contribution is 8.18. The molecule has 1 aliphatic rings. The van der Waals surface area contributed by atoms with Gasteiger partial charge >= 0.3 is 5.97 Å². The summed E-state index contributed by atoms with van der Waals surface area (Å²) in [6.45, 7) is 1.97. The fourth-order valence-electron chi connectivity index (χ4n) is 2.80. The number of carbonyl (C=O) groups excluding carboxylic acids is 2. The van der Waals surface area contributed by atoms with Gasteiger partial charge in [0.2, 0.25) is 0 Å². The molecule has 0 N–H and O–H groups in total. The number of aliphatic imine (C=N–C) groups is 1. The van der Waals surface area contributed by atoms with Gasteiger partial charge in [-0.05, 0) is 66.7 Å². The number of benzene rings is 2. The highest BCUT2D eigenvalue weighted by Gasteiger charge is 2.30. The fraction of sp³-hybridized carbons (Fsp3) is 0.217. The number of amides is 1. The fourth-order valence-corrected chi connectivity index (χ4v) is 3.79. The van der Waals surface area contributed by atoms with Crippen LogP contribution >= 0.6 is 11.8 Å². The molecular formula is C23H21N3O5S. The minimum absolute atomic E-state index is 0.0868. The predicted octanol–water partition coefficient (Wildman–Crippen LogP) is 4.01. The Morgan fingerprint density at radius 3 is 2.62 bits per heavy atom. The molecule has 9 heteroatoms. The monoisotopic (exact) mass is 451 g/mol. The normalized spacial score (nSPS) is 15.7. The Balaban J connectivity index is 1.80. The van der Waals surface area contributed by atoms with Crippen LogP contribution in [-0.4, -0.2) is 49.3 Å². The van der Waals surface area contributed by atoms with Gasteiger partial charge in [0.1, 0.15) is 6.07 Å². The van der Waals surface area contributed by atoms with E-state index in [4.69, 9.17) is 19.5 Å². The number of nitrogens with zero attached hydrogens (tertiary/aromatic N) is 3. The van der Waals surface area contributed by atoms with E-state index in [2.05, 4.69) is 4.99 Å². The molecule has 2 aromatic carbocycles. The van der Waals surface area contributed by atoms with Crippen molar-refractivity contribution in [3.63, 3.8) is 0 Å². The van der Waals surface area contributed by atoms with Crippen LogP contribution < -0.4 is 9.47 Å². The topological polar surface area (TPSA) is 101 Å². The van der Waals surface area contributed by atoms with Crippen LogP contribution in [0, 0.1) is 11.3 Å². The van der Waals surface area contributed by atoms with Gasteiger partial charge < -0.3 is 14.2 Å². The number of carbonyl (C=O) groups is 2. The van der Waals surface area contributed by atoms with Crippen molar-refractivity contribution in [2.75, 3.05) is 27.4 Å². The molecule has 0 bridgehead atoms. The van der Waals surface area contributed by atoms with Crippen LogP contribution in [0.4, 0.5) is 5.69 Å². The molecule has 1 saturated heterocycles. The predicted molar refractivity (Wildman–Crippen MR) is 122 cm³/mol. The Labute approximate surface area is 190 Å². The summed E-state index contributed by atoms with van der Waals surface area (Å²) in [5.41, 5.74) is 1.80. The first-order chi connectivity index (χ1) is 15.5. The largest absolute Gasteiger partial charge is 0.493 e. The highest BCUT2D eigenvalue weighted by Crippen LogP contribution is 2.35. The van der Waals surface area contributed by atoms with Gasteiger partial charge in [0.25, 0.3) is 5.91 Å². The van der Waals surface area contributed by atoms with Gasteiger partial charge in [-0.25, -0.2) is 9.79 Å². The second-order valence-electron chi connectivity index (χ2n) is 6.49. The molecule has 1 aliphatic heterocycles. The van der Waals surface area contributed by atoms with E-state index in [1.54, 1.807) is 62.5 Å². The van der Waals surface area contributed by atoms with Gasteiger partial charge in [-0.2, -0.15) is 5.26 Å². The lowest BCUT2D eigenvalue weighted by Crippen LogP contribution is -2.23. The average molecular weight is 452 g/mol. The van der Waals surface area contributed by atoms with E-state index >= 15 is 0 Å². The summed E-state index contributed by atoms with van der Waals surface area (Å²) in [7, 11) is 3.16. The zero-order chi connectivity index (χ0) is 23.1. The number of likely N-dealkylation sites (N-methyl/N-ethyl adjacent to an activating group) is 1. The van der Waals surface area contributed by atoms with Crippen molar-refractivity contribution in [1.29, 1.82) is 5.26 Å². The lowest BCUT2D eigenvalue weighted by atomic mass is 10.2. The lowest BCUT2D eigenvalue weighted by molar-refractivity contribution is -0.121. The second-order valence-corrected chi connectivity index (χ2v) is 7.50. The summed E-state index contributed by atoms with van der Waals surface area (Å²) in [5, 5.41) is 9.20. The van der Waals surface area contributed by atoms with Crippen LogP contribution in [0.1, 0.15) is 22.8 Å². The van der Waals surface area contributed by atoms with E-state index in [0.29, 0.717) is 39.4 Å². The molecular weight excluding hydrogens is 430 g/mol. The van der Waals surface area contributed by atoms with E-state index in [-0.39, 0.29) is 18.5 Å². The van der Waals surface area contributed by atoms with Crippen LogP contribution in [-0.2, 0) is 9.53 Å². The van der Waals surface area contributed by atoms with Crippen molar-refractivity contribution < 1.29 is 23.8 Å². The molecule has 0 aliphatic carbocycles. The molecule has 8 nitrogen and oxygen atoms in total. The number of hydrogen-bond acceptors (Lipinski definition) is 8. The number of amidine groups is 1. The quantitative estimate of drug-likeness (QED) is 0.463. The lowest BCUT2D eigenvalue weighted by Gasteiger charge is -2.09. The summed E-state index contributed by atoms with van der Waals surface area (Å²) in [6.07, 6.45) is 1.74. The van der Waals surface area contributed by atoms with Crippen molar-refractivity contribution in [1.82, 2.24) is 4.90 Å². The molecule has 0 spiro atoms. The highest BCUT2D eigenvalue weighted by atomic mass is 32.2. The molecule has 1 fully saturated rings. The minimum atomic E-state index is -0.390. The first-order valence-electron chi connectivity index (χ1n) is 9.68. The first-order valence-corrected chi connectivity index (χ1v) is 10.5. The summed E-state index contributed by atoms with van der Waals surface area (Å²) in [5.74, 6) is 0.348. The minimum Gasteiger partial charge on any atom is -0.493 e. The SMILES string of the molecule is CCOC(=O)c1ccc(N=C2S/C(=C/c3ccc(OCC#N)c(OC)c3)C(=O)N2C)cc1. The Hall–Kier alpha value is -3.77. The molecule has 0 saturated carbocycles. The Bertz CT molecular complexity index is 1120. The zero-order valence-corrected chi connectivity index (χ0v) is 18.6. The van der Waals surface area contributed by atoms with Crippen LogP contribution in [0.15, 0.2) is 52.4 Å². The maximum Gasteiger partial charge on any atom is 0.338 e. The molecule has 0 radical (unpaired) electrons. The van der Waals surface area contributed by atoms with Crippen LogP contribution in [0.5, 0.6) is 11.5 Å². The maximum atomic E-state index is 12.7. The molecule has 1 amide bonds. The molecule has 0 aromatic heterocycles. The van der Waals surface area contributed by atoms with Crippen molar-refractivity contribution in [3.8, 4) is 17.6 Å². The molecule has 2 aromatic rings. The van der Waals surface area contributed by atoms with Crippen molar-refractivity contribution in [2.45, 2.75) is 6.92 Å². The first kappa shape index (κ1) is 22.9. The van der Waals surface area contributed by atoms with Gasteiger partial charge in [-0.1, -0.05) is 6.07 Å². The van der Waals surface area contributed by atoms with E-state index in [1.807, 2.05) is 6.07 Å². The Morgan fingerprint density at radius 1 is 1.22 bits per heavy atom. The summed E-state index contributed by atoms with van der Waals surface area (Å²) in [6, 6.07) is 13.8. The smallest absolute Gasteiger partial charge is 0.338 e. The molecule has 1 heterocycles.